The molecule has 0 aromatic heterocycles. The monoisotopic (exact) mass is 430 g/mol. The maximum atomic E-state index is 12.8. The second-order valence-electron chi connectivity index (χ2n) is 5.73. The van der Waals surface area contributed by atoms with Crippen molar-refractivity contribution in [2.75, 3.05) is 11.5 Å². The molecule has 0 aliphatic heterocycles. The third-order valence-corrected chi connectivity index (χ3v) is 5.79. The van der Waals surface area contributed by atoms with Gasteiger partial charge in [-0.25, -0.2) is 0 Å². The molecule has 148 valence electrons. The number of nitrogen functional groups attached to an aromatic ring is 2. The Morgan fingerprint density at radius 1 is 0.643 bits per heavy atom. The van der Waals surface area contributed by atoms with Crippen LogP contribution in [-0.4, -0.2) is 47.7 Å². The molecule has 0 radical (unpaired) electrons. The molecule has 0 saturated carbocycles. The molecule has 1 aliphatic carbocycles. The molecule has 12 nitrogen and oxygen atoms in total. The second-order valence-corrected chi connectivity index (χ2v) is 8.51. The Morgan fingerprint density at radius 3 is 1.21 bits per heavy atom. The molecule has 0 unspecified atom stereocenters. The van der Waals surface area contributed by atoms with Crippen molar-refractivity contribution in [2.24, 2.45) is 0 Å². The summed E-state index contributed by atoms with van der Waals surface area (Å²) in [4.78, 5) is 23.2. The van der Waals surface area contributed by atoms with Crippen molar-refractivity contribution in [2.45, 2.75) is 9.79 Å². The molecule has 2 aromatic carbocycles. The van der Waals surface area contributed by atoms with Crippen LogP contribution in [0.2, 0.25) is 0 Å². The summed E-state index contributed by atoms with van der Waals surface area (Å²) in [7, 11) is -10.1. The molecule has 0 fully saturated rings. The Balaban J connectivity index is 2.51. The van der Waals surface area contributed by atoms with Gasteiger partial charge in [-0.2, -0.15) is 16.8 Å². The molecule has 0 heterocycles. The number of fused-ring (bicyclic) bond motifs is 2. The molecule has 8 N–H and O–H groups in total. The van der Waals surface area contributed by atoms with Crippen LogP contribution in [0.5, 0.6) is 11.5 Å². The topological polar surface area (TPSA) is 235 Å². The van der Waals surface area contributed by atoms with E-state index >= 15 is 0 Å². The molecule has 3 rings (SSSR count). The van der Waals surface area contributed by atoms with E-state index in [1.54, 1.807) is 0 Å². The van der Waals surface area contributed by atoms with Gasteiger partial charge in [-0.05, 0) is 12.1 Å². The van der Waals surface area contributed by atoms with Crippen LogP contribution in [0.4, 0.5) is 11.4 Å². The minimum atomic E-state index is -5.07. The highest BCUT2D eigenvalue weighted by Crippen LogP contribution is 2.45. The molecule has 0 atom stereocenters. The third-order valence-electron chi connectivity index (χ3n) is 4.05. The number of phenols is 2. The summed E-state index contributed by atoms with van der Waals surface area (Å²) in [5, 5.41) is 20.3. The fourth-order valence-electron chi connectivity index (χ4n) is 2.91. The predicted octanol–water partition coefficient (Wildman–Crippen LogP) is -0.469. The van der Waals surface area contributed by atoms with E-state index in [4.69, 9.17) is 11.5 Å². The zero-order valence-corrected chi connectivity index (χ0v) is 15.0. The van der Waals surface area contributed by atoms with E-state index in [-0.39, 0.29) is 0 Å². The lowest BCUT2D eigenvalue weighted by molar-refractivity contribution is 0.0974. The lowest BCUT2D eigenvalue weighted by Gasteiger charge is -2.23. The standard InChI is InChI=1S/C14H10N2O10S2/c15-3-1-5(27(21,22)23)11(17)9-7(3)13(19)8-4(16)2-6(28(24,25)26)12(18)10(8)14(9)20/h1-2,17-18H,15-16H2,(H,21,22,23)(H,24,25,26). The average Bonchev–Trinajstić information content (AvgIpc) is 2.53. The summed E-state index contributed by atoms with van der Waals surface area (Å²) in [5.41, 5.74) is 6.69. The van der Waals surface area contributed by atoms with Gasteiger partial charge in [0.1, 0.15) is 21.3 Å². The van der Waals surface area contributed by atoms with E-state index < -0.39 is 86.7 Å². The largest absolute Gasteiger partial charge is 0.506 e. The smallest absolute Gasteiger partial charge is 0.298 e. The van der Waals surface area contributed by atoms with Gasteiger partial charge in [-0.1, -0.05) is 0 Å². The van der Waals surface area contributed by atoms with Crippen molar-refractivity contribution in [1.82, 2.24) is 0 Å². The van der Waals surface area contributed by atoms with Crippen molar-refractivity contribution in [1.29, 1.82) is 0 Å². The molecule has 14 heteroatoms. The van der Waals surface area contributed by atoms with Gasteiger partial charge in [0.05, 0.1) is 22.3 Å². The summed E-state index contributed by atoms with van der Waals surface area (Å²) < 4.78 is 63.9. The second kappa shape index (κ2) is 5.65. The summed E-state index contributed by atoms with van der Waals surface area (Å²) in [6.07, 6.45) is 0. The van der Waals surface area contributed by atoms with Gasteiger partial charge in [0.25, 0.3) is 20.2 Å². The van der Waals surface area contributed by atoms with Crippen LogP contribution in [0.25, 0.3) is 0 Å². The molecule has 1 aliphatic rings. The normalized spacial score (nSPS) is 13.9. The van der Waals surface area contributed by atoms with Crippen LogP contribution in [-0.2, 0) is 20.2 Å². The molecule has 28 heavy (non-hydrogen) atoms. The van der Waals surface area contributed by atoms with Crippen LogP contribution < -0.4 is 11.5 Å². The maximum Gasteiger partial charge on any atom is 0.298 e. The number of carbonyl (C=O) groups is 2. The molecule has 0 bridgehead atoms. The summed E-state index contributed by atoms with van der Waals surface area (Å²) in [6.45, 7) is 0. The Hall–Kier alpha value is -3.20. The Kier molecular flexibility index (Phi) is 3.95. The fourth-order valence-corrected chi connectivity index (χ4v) is 4.15. The van der Waals surface area contributed by atoms with Crippen LogP contribution >= 0.6 is 0 Å². The quantitative estimate of drug-likeness (QED) is 0.172. The number of ketones is 2. The molecule has 0 spiro atoms. The summed E-state index contributed by atoms with van der Waals surface area (Å²) >= 11 is 0. The van der Waals surface area contributed by atoms with Crippen LogP contribution in [0.3, 0.4) is 0 Å². The van der Waals surface area contributed by atoms with E-state index in [2.05, 4.69) is 0 Å². The highest BCUT2D eigenvalue weighted by Gasteiger charge is 2.41. The fraction of sp³-hybridized carbons (Fsp3) is 0. The third kappa shape index (κ3) is 2.58. The summed E-state index contributed by atoms with van der Waals surface area (Å²) in [6, 6.07) is 1.09. The van der Waals surface area contributed by atoms with E-state index in [9.17, 15) is 45.7 Å². The number of hydrogen-bond donors (Lipinski definition) is 6. The Morgan fingerprint density at radius 2 is 0.929 bits per heavy atom. The lowest BCUT2D eigenvalue weighted by atomic mass is 9.81. The van der Waals surface area contributed by atoms with Crippen molar-refractivity contribution in [3.63, 3.8) is 0 Å². The van der Waals surface area contributed by atoms with Crippen molar-refractivity contribution >= 4 is 43.2 Å². The van der Waals surface area contributed by atoms with Crippen LogP contribution in [0.1, 0.15) is 31.8 Å². The summed E-state index contributed by atoms with van der Waals surface area (Å²) in [5.74, 6) is -5.22. The van der Waals surface area contributed by atoms with E-state index in [0.29, 0.717) is 12.1 Å². The number of anilines is 2. The van der Waals surface area contributed by atoms with Crippen LogP contribution in [0, 0.1) is 0 Å². The zero-order chi connectivity index (χ0) is 21.3. The van der Waals surface area contributed by atoms with Gasteiger partial charge in [-0.3, -0.25) is 18.7 Å². The molecular formula is C14H10N2O10S2. The van der Waals surface area contributed by atoms with Gasteiger partial charge in [-0.15, -0.1) is 0 Å². The minimum Gasteiger partial charge on any atom is -0.506 e. The first-order chi connectivity index (χ1) is 12.7. The number of carbonyl (C=O) groups excluding carboxylic acids is 2. The van der Waals surface area contributed by atoms with Gasteiger partial charge < -0.3 is 21.7 Å². The molecule has 0 saturated heterocycles. The number of hydrogen-bond acceptors (Lipinski definition) is 10. The van der Waals surface area contributed by atoms with Crippen molar-refractivity contribution < 1.29 is 45.7 Å². The first-order valence-corrected chi connectivity index (χ1v) is 9.91. The van der Waals surface area contributed by atoms with Gasteiger partial charge in [0.15, 0.2) is 5.78 Å². The van der Waals surface area contributed by atoms with E-state index in [1.807, 2.05) is 0 Å². The SMILES string of the molecule is Nc1cc(S(=O)(=O)O)c(O)c2c1C(=O)c1c(N)cc(S(=O)(=O)O)c(O)c1C2=O. The zero-order valence-electron chi connectivity index (χ0n) is 13.4. The number of aromatic hydroxyl groups is 2. The Bertz CT molecular complexity index is 1230. The van der Waals surface area contributed by atoms with E-state index in [0.717, 1.165) is 0 Å². The molecule has 0 amide bonds. The van der Waals surface area contributed by atoms with Gasteiger partial charge >= 0.3 is 0 Å². The first kappa shape index (κ1) is 19.6. The van der Waals surface area contributed by atoms with Gasteiger partial charge in [0.2, 0.25) is 5.78 Å². The number of phenolic OH excluding ortho intramolecular Hbond substituents is 2. The highest BCUT2D eigenvalue weighted by atomic mass is 32.2. The average molecular weight is 430 g/mol. The van der Waals surface area contributed by atoms with Gasteiger partial charge in [0, 0.05) is 11.4 Å². The van der Waals surface area contributed by atoms with Crippen molar-refractivity contribution in [3.05, 3.63) is 34.4 Å². The first-order valence-electron chi connectivity index (χ1n) is 7.03. The number of rotatable bonds is 2. The Labute approximate surface area is 156 Å². The van der Waals surface area contributed by atoms with Crippen molar-refractivity contribution in [3.8, 4) is 11.5 Å². The lowest BCUT2D eigenvalue weighted by Crippen LogP contribution is -2.25. The number of nitrogens with two attached hydrogens (primary N) is 2. The predicted molar refractivity (Wildman–Crippen MR) is 91.5 cm³/mol. The molecule has 2 aromatic rings. The minimum absolute atomic E-state index is 0.544. The maximum absolute atomic E-state index is 12.8. The van der Waals surface area contributed by atoms with Crippen LogP contribution in [0.15, 0.2) is 21.9 Å². The van der Waals surface area contributed by atoms with E-state index in [1.165, 1.54) is 0 Å². The number of benzene rings is 2. The highest BCUT2D eigenvalue weighted by molar-refractivity contribution is 7.86. The molecular weight excluding hydrogens is 420 g/mol.